The number of aromatic nitrogens is 2. The zero-order chi connectivity index (χ0) is 20.6. The lowest BCUT2D eigenvalue weighted by Crippen LogP contribution is -2.56. The van der Waals surface area contributed by atoms with Crippen LogP contribution in [0.3, 0.4) is 0 Å². The highest BCUT2D eigenvalue weighted by Gasteiger charge is 2.42. The normalized spacial score (nSPS) is 22.9. The lowest BCUT2D eigenvalue weighted by molar-refractivity contribution is -0.138. The van der Waals surface area contributed by atoms with E-state index >= 15 is 0 Å². The van der Waals surface area contributed by atoms with Crippen molar-refractivity contribution < 1.29 is 22.8 Å². The van der Waals surface area contributed by atoms with Gasteiger partial charge in [0.25, 0.3) is 0 Å². The van der Waals surface area contributed by atoms with Gasteiger partial charge in [0, 0.05) is 25.5 Å². The van der Waals surface area contributed by atoms with E-state index in [1.807, 2.05) is 5.32 Å². The summed E-state index contributed by atoms with van der Waals surface area (Å²) in [7, 11) is 0. The standard InChI is InChI=1S/C17H18F3N7O2/c18-17(19,20)9-23-15(28)11-1-2-12-14(24-11)27(10-3-6-26(12)8-10)16(29)25-13-7-21-4-5-22-13/h1-2,4-5,7,10-11,24H,3,6,8-9H2,(H,23,28)(H,22,25,29)/t10-,11?/m0/s1. The number of nitrogens with zero attached hydrogens (tertiary/aromatic N) is 4. The Morgan fingerprint density at radius 2 is 2.14 bits per heavy atom. The van der Waals surface area contributed by atoms with Gasteiger partial charge in [-0.1, -0.05) is 6.08 Å². The number of hydrogen-bond acceptors (Lipinski definition) is 6. The molecule has 1 aromatic rings. The molecule has 3 aliphatic rings. The molecule has 12 heteroatoms. The molecule has 0 aliphatic carbocycles. The summed E-state index contributed by atoms with van der Waals surface area (Å²) < 4.78 is 37.2. The number of carbonyl (C=O) groups excluding carboxylic acids is 2. The van der Waals surface area contributed by atoms with Gasteiger partial charge < -0.3 is 15.5 Å². The molecule has 154 valence electrons. The number of carbonyl (C=O) groups is 2. The molecule has 2 bridgehead atoms. The zero-order valence-electron chi connectivity index (χ0n) is 15.1. The average Bonchev–Trinajstić information content (AvgIpc) is 3.10. The first-order valence-corrected chi connectivity index (χ1v) is 8.96. The summed E-state index contributed by atoms with van der Waals surface area (Å²) in [6, 6.07) is -1.62. The predicted octanol–water partition coefficient (Wildman–Crippen LogP) is 0.774. The first-order chi connectivity index (χ1) is 13.8. The van der Waals surface area contributed by atoms with E-state index in [0.717, 1.165) is 13.0 Å². The fourth-order valence-electron chi connectivity index (χ4n) is 3.59. The van der Waals surface area contributed by atoms with Gasteiger partial charge in [0.2, 0.25) is 5.91 Å². The molecule has 1 fully saturated rings. The molecule has 0 radical (unpaired) electrons. The van der Waals surface area contributed by atoms with Gasteiger partial charge in [-0.25, -0.2) is 9.78 Å². The van der Waals surface area contributed by atoms with Crippen LogP contribution in [0.5, 0.6) is 0 Å². The van der Waals surface area contributed by atoms with Crippen molar-refractivity contribution in [3.63, 3.8) is 0 Å². The molecule has 3 amide bonds. The van der Waals surface area contributed by atoms with Crippen LogP contribution in [0.15, 0.2) is 42.3 Å². The molecule has 2 atom stereocenters. The number of nitrogens with one attached hydrogen (secondary N) is 3. The summed E-state index contributed by atoms with van der Waals surface area (Å²) in [6.07, 6.45) is 3.69. The Hall–Kier alpha value is -3.31. The number of rotatable bonds is 3. The minimum atomic E-state index is -4.50. The number of halogens is 3. The topological polar surface area (TPSA) is 102 Å². The second-order valence-corrected chi connectivity index (χ2v) is 6.83. The Kier molecular flexibility index (Phi) is 4.76. The lowest BCUT2D eigenvalue weighted by Gasteiger charge is -2.40. The zero-order valence-corrected chi connectivity index (χ0v) is 15.1. The number of urea groups is 1. The first kappa shape index (κ1) is 19.0. The molecule has 3 aliphatic heterocycles. The third-order valence-corrected chi connectivity index (χ3v) is 4.85. The lowest BCUT2D eigenvalue weighted by atomic mass is 10.1. The van der Waals surface area contributed by atoms with Gasteiger partial charge in [0.1, 0.15) is 18.4 Å². The van der Waals surface area contributed by atoms with Crippen LogP contribution in [0, 0.1) is 0 Å². The number of hydrogen-bond donors (Lipinski definition) is 3. The van der Waals surface area contributed by atoms with Crippen LogP contribution in [0.2, 0.25) is 0 Å². The quantitative estimate of drug-likeness (QED) is 0.682. The maximum atomic E-state index is 12.9. The van der Waals surface area contributed by atoms with E-state index in [1.54, 1.807) is 6.08 Å². The number of anilines is 1. The molecule has 1 saturated heterocycles. The minimum absolute atomic E-state index is 0.136. The van der Waals surface area contributed by atoms with Crippen molar-refractivity contribution in [1.82, 2.24) is 30.4 Å². The molecular formula is C17H18F3N7O2. The summed E-state index contributed by atoms with van der Waals surface area (Å²) in [5.74, 6) is -0.173. The molecule has 4 heterocycles. The van der Waals surface area contributed by atoms with Gasteiger partial charge in [-0.2, -0.15) is 13.2 Å². The Morgan fingerprint density at radius 1 is 1.31 bits per heavy atom. The van der Waals surface area contributed by atoms with Crippen molar-refractivity contribution in [2.45, 2.75) is 24.7 Å². The van der Waals surface area contributed by atoms with Crippen LogP contribution < -0.4 is 16.0 Å². The highest BCUT2D eigenvalue weighted by Crippen LogP contribution is 2.33. The summed E-state index contributed by atoms with van der Waals surface area (Å²) in [6.45, 7) is -0.0611. The molecule has 4 rings (SSSR count). The van der Waals surface area contributed by atoms with Crippen molar-refractivity contribution in [2.24, 2.45) is 0 Å². The SMILES string of the molecule is O=C(NCC(F)(F)F)C1C=CC2=C(N1)N(C(=O)Nc1cnccn1)[C@H]1CCN2C1. The fraction of sp³-hybridized carbons (Fsp3) is 0.412. The Balaban J connectivity index is 1.53. The summed E-state index contributed by atoms with van der Waals surface area (Å²) >= 11 is 0. The maximum Gasteiger partial charge on any atom is 0.405 e. The van der Waals surface area contributed by atoms with Crippen LogP contribution in [0.1, 0.15) is 6.42 Å². The van der Waals surface area contributed by atoms with E-state index in [-0.39, 0.29) is 11.9 Å². The largest absolute Gasteiger partial charge is 0.405 e. The first-order valence-electron chi connectivity index (χ1n) is 8.96. The van der Waals surface area contributed by atoms with Crippen LogP contribution in [-0.2, 0) is 4.79 Å². The van der Waals surface area contributed by atoms with Crippen LogP contribution in [-0.4, -0.2) is 69.6 Å². The van der Waals surface area contributed by atoms with Crippen molar-refractivity contribution in [3.05, 3.63) is 42.3 Å². The van der Waals surface area contributed by atoms with E-state index in [4.69, 9.17) is 0 Å². The molecule has 1 aromatic heterocycles. The van der Waals surface area contributed by atoms with Gasteiger partial charge in [-0.05, 0) is 12.5 Å². The molecule has 0 saturated carbocycles. The smallest absolute Gasteiger partial charge is 0.366 e. The number of alkyl halides is 3. The highest BCUT2D eigenvalue weighted by molar-refractivity contribution is 5.90. The molecule has 3 N–H and O–H groups in total. The summed E-state index contributed by atoms with van der Waals surface area (Å²) in [5, 5.41) is 7.43. The number of fused-ring (bicyclic) bond motifs is 3. The third-order valence-electron chi connectivity index (χ3n) is 4.85. The second-order valence-electron chi connectivity index (χ2n) is 6.83. The monoisotopic (exact) mass is 409 g/mol. The van der Waals surface area contributed by atoms with Gasteiger partial charge in [-0.15, -0.1) is 0 Å². The molecule has 1 unspecified atom stereocenters. The van der Waals surface area contributed by atoms with Crippen molar-refractivity contribution >= 4 is 17.8 Å². The third kappa shape index (κ3) is 3.96. The minimum Gasteiger partial charge on any atom is -0.366 e. The Labute approximate surface area is 163 Å². The molecule has 9 nitrogen and oxygen atoms in total. The Bertz CT molecular complexity index is 872. The fourth-order valence-corrected chi connectivity index (χ4v) is 3.59. The average molecular weight is 409 g/mol. The van der Waals surface area contributed by atoms with Gasteiger partial charge in [0.15, 0.2) is 5.82 Å². The summed E-state index contributed by atoms with van der Waals surface area (Å²) in [4.78, 5) is 36.6. The van der Waals surface area contributed by atoms with Gasteiger partial charge >= 0.3 is 12.2 Å². The van der Waals surface area contributed by atoms with Crippen molar-refractivity contribution in [1.29, 1.82) is 0 Å². The maximum absolute atomic E-state index is 12.9. The van der Waals surface area contributed by atoms with Crippen molar-refractivity contribution in [3.8, 4) is 0 Å². The van der Waals surface area contributed by atoms with E-state index in [9.17, 15) is 22.8 Å². The molecule has 29 heavy (non-hydrogen) atoms. The van der Waals surface area contributed by atoms with Gasteiger partial charge in [0.05, 0.1) is 17.9 Å². The van der Waals surface area contributed by atoms with Gasteiger partial charge in [-0.3, -0.25) is 20.0 Å². The molecular weight excluding hydrogens is 391 g/mol. The number of allylic oxidation sites excluding steroid dienone is 1. The van der Waals surface area contributed by atoms with E-state index in [0.29, 0.717) is 18.1 Å². The molecule has 0 spiro atoms. The van der Waals surface area contributed by atoms with E-state index in [1.165, 1.54) is 29.6 Å². The van der Waals surface area contributed by atoms with Crippen LogP contribution >= 0.6 is 0 Å². The second kappa shape index (κ2) is 7.26. The van der Waals surface area contributed by atoms with Crippen LogP contribution in [0.25, 0.3) is 0 Å². The van der Waals surface area contributed by atoms with E-state index in [2.05, 4.69) is 25.5 Å². The summed E-state index contributed by atoms with van der Waals surface area (Å²) in [5.41, 5.74) is 0.716. The number of dihydropyridines is 1. The van der Waals surface area contributed by atoms with Crippen LogP contribution in [0.4, 0.5) is 23.8 Å². The number of amides is 3. The van der Waals surface area contributed by atoms with E-state index < -0.39 is 30.7 Å². The Morgan fingerprint density at radius 3 is 2.86 bits per heavy atom. The predicted molar refractivity (Wildman–Crippen MR) is 95.0 cm³/mol. The molecule has 0 aromatic carbocycles. The van der Waals surface area contributed by atoms with Crippen molar-refractivity contribution in [2.75, 3.05) is 25.0 Å². The highest BCUT2D eigenvalue weighted by atomic mass is 19.4.